The number of terminal acetylenes is 1. The summed E-state index contributed by atoms with van der Waals surface area (Å²) in [5.41, 5.74) is 0. The van der Waals surface area contributed by atoms with Crippen LogP contribution in [0, 0.1) is 12.3 Å². The van der Waals surface area contributed by atoms with Crippen LogP contribution in [0.5, 0.6) is 0 Å². The van der Waals surface area contributed by atoms with Crippen molar-refractivity contribution in [1.82, 2.24) is 14.7 Å². The molecule has 0 amide bonds. The third-order valence-electron chi connectivity index (χ3n) is 5.06. The Kier molecular flexibility index (Phi) is 3.89. The molecule has 0 aromatic heterocycles. The van der Waals surface area contributed by atoms with Crippen molar-refractivity contribution in [2.24, 2.45) is 0 Å². The maximum Gasteiger partial charge on any atom is 0.229 e. The lowest BCUT2D eigenvalue weighted by molar-refractivity contribution is -1.26. The molecule has 0 aromatic carbocycles. The van der Waals surface area contributed by atoms with Crippen LogP contribution >= 0.6 is 12.2 Å². The first-order valence-electron chi connectivity index (χ1n) is 7.57. The SMILES string of the molecule is C#CC[N+]12CN3C[N+]4(CN(C1)C34)C2.CCN(CC)C(=S)[S-]. The van der Waals surface area contributed by atoms with Crippen LogP contribution in [-0.4, -0.2) is 87.3 Å². The molecular weight excluding hydrogens is 302 g/mol. The van der Waals surface area contributed by atoms with Crippen molar-refractivity contribution in [3.63, 3.8) is 0 Å². The van der Waals surface area contributed by atoms with Gasteiger partial charge in [-0.25, -0.2) is 8.97 Å². The van der Waals surface area contributed by atoms with E-state index in [0.717, 1.165) is 30.4 Å². The monoisotopic (exact) mass is 326 g/mol. The van der Waals surface area contributed by atoms with Gasteiger partial charge < -0.3 is 29.7 Å². The molecule has 5 bridgehead atoms. The van der Waals surface area contributed by atoms with E-state index < -0.39 is 0 Å². The van der Waals surface area contributed by atoms with Gasteiger partial charge in [0.1, 0.15) is 6.54 Å². The van der Waals surface area contributed by atoms with E-state index in [0.29, 0.717) is 4.32 Å². The van der Waals surface area contributed by atoms with Crippen molar-refractivity contribution < 1.29 is 8.97 Å². The lowest BCUT2D eigenvalue weighted by Crippen LogP contribution is -3.03. The molecule has 6 aliphatic rings. The Bertz CT molecular complexity index is 468. The average molecular weight is 327 g/mol. The lowest BCUT2D eigenvalue weighted by atomic mass is 10.1. The van der Waals surface area contributed by atoms with Gasteiger partial charge in [-0.15, -0.1) is 16.2 Å². The summed E-state index contributed by atoms with van der Waals surface area (Å²) in [6.07, 6.45) is 6.21. The van der Waals surface area contributed by atoms with Gasteiger partial charge in [0.15, 0.2) is 26.7 Å². The first kappa shape index (κ1) is 15.4. The molecule has 116 valence electrons. The number of rotatable bonds is 3. The number of hydrogen-bond donors (Lipinski definition) is 0. The summed E-state index contributed by atoms with van der Waals surface area (Å²) in [4.78, 5) is 7.12. The number of quaternary nitrogens is 2. The maximum absolute atomic E-state index is 5.45. The Hall–Kier alpha value is -0.490. The molecule has 6 saturated heterocycles. The molecule has 6 heterocycles. The third kappa shape index (κ3) is 2.25. The van der Waals surface area contributed by atoms with Crippen molar-refractivity contribution in [2.45, 2.75) is 20.1 Å². The standard InChI is InChI=1S/C9H14N4.C5H11NS2/c1-2-3-12-4-10-6-13(8-12)7-11(5-12)9(10)13;1-3-6(4-2)5(7)8/h1,9H,3-8H2;3-4H2,1-2H3,(H,7,8)/q+2;/p-1. The van der Waals surface area contributed by atoms with Gasteiger partial charge in [-0.1, -0.05) is 4.32 Å². The van der Waals surface area contributed by atoms with E-state index in [9.17, 15) is 0 Å². The van der Waals surface area contributed by atoms with E-state index in [4.69, 9.17) is 31.3 Å². The van der Waals surface area contributed by atoms with Crippen molar-refractivity contribution in [2.75, 3.05) is 53.0 Å². The number of thiocarbonyl (C=S) groups is 1. The van der Waals surface area contributed by atoms with E-state index in [-0.39, 0.29) is 0 Å². The molecule has 6 rings (SSSR count). The van der Waals surface area contributed by atoms with Gasteiger partial charge in [0.2, 0.25) is 13.0 Å². The van der Waals surface area contributed by atoms with Crippen LogP contribution < -0.4 is 0 Å². The second kappa shape index (κ2) is 5.30. The topological polar surface area (TPSA) is 9.72 Å². The minimum atomic E-state index is 0.579. The highest BCUT2D eigenvalue weighted by Gasteiger charge is 2.78. The molecule has 7 heteroatoms. The van der Waals surface area contributed by atoms with Crippen LogP contribution in [0.2, 0.25) is 0 Å². The highest BCUT2D eigenvalue weighted by atomic mass is 32.1. The van der Waals surface area contributed by atoms with Crippen LogP contribution in [0.3, 0.4) is 0 Å². The fourth-order valence-electron chi connectivity index (χ4n) is 4.52. The molecule has 0 saturated carbocycles. The molecule has 0 aromatic rings. The first-order chi connectivity index (χ1) is 9.99. The van der Waals surface area contributed by atoms with Crippen LogP contribution in [0.15, 0.2) is 0 Å². The zero-order chi connectivity index (χ0) is 15.3. The highest BCUT2D eigenvalue weighted by molar-refractivity contribution is 8.00. The normalized spacial score (nSPS) is 43.6. The molecule has 0 radical (unpaired) electrons. The Morgan fingerprint density at radius 3 is 2.19 bits per heavy atom. The van der Waals surface area contributed by atoms with Crippen LogP contribution in [0.1, 0.15) is 13.8 Å². The van der Waals surface area contributed by atoms with Crippen molar-refractivity contribution in [1.29, 1.82) is 0 Å². The molecular formula is C14H24N5S2+. The fourth-order valence-corrected chi connectivity index (χ4v) is 5.03. The van der Waals surface area contributed by atoms with Crippen molar-refractivity contribution in [3.8, 4) is 12.3 Å². The Labute approximate surface area is 138 Å². The van der Waals surface area contributed by atoms with Gasteiger partial charge in [-0.2, -0.15) is 0 Å². The van der Waals surface area contributed by atoms with E-state index >= 15 is 0 Å². The van der Waals surface area contributed by atoms with E-state index in [1.807, 2.05) is 18.7 Å². The molecule has 6 fully saturated rings. The quantitative estimate of drug-likeness (QED) is 0.315. The Morgan fingerprint density at radius 2 is 1.86 bits per heavy atom. The summed E-state index contributed by atoms with van der Waals surface area (Å²) in [7, 11) is 0. The minimum Gasteiger partial charge on any atom is -0.411 e. The molecule has 2 atom stereocenters. The summed E-state index contributed by atoms with van der Waals surface area (Å²) in [6, 6.07) is 0. The fraction of sp³-hybridized carbons (Fsp3) is 0.786. The molecule has 0 N–H and O–H groups in total. The van der Waals surface area contributed by atoms with Gasteiger partial charge in [0, 0.05) is 13.1 Å². The lowest BCUT2D eigenvalue weighted by Gasteiger charge is -2.78. The number of nitrogens with zero attached hydrogens (tertiary/aromatic N) is 5. The van der Waals surface area contributed by atoms with Crippen molar-refractivity contribution in [3.05, 3.63) is 0 Å². The third-order valence-corrected chi connectivity index (χ3v) is 5.58. The second-order valence-corrected chi connectivity index (χ2v) is 7.62. The predicted molar refractivity (Wildman–Crippen MR) is 88.9 cm³/mol. The summed E-state index contributed by atoms with van der Waals surface area (Å²) in [5, 5.41) is 0. The Morgan fingerprint density at radius 1 is 1.29 bits per heavy atom. The van der Waals surface area contributed by atoms with E-state index in [2.05, 4.69) is 15.7 Å². The smallest absolute Gasteiger partial charge is 0.229 e. The van der Waals surface area contributed by atoms with Gasteiger partial charge >= 0.3 is 0 Å². The average Bonchev–Trinajstić information content (AvgIpc) is 2.38. The van der Waals surface area contributed by atoms with Crippen LogP contribution in [-0.2, 0) is 12.6 Å². The van der Waals surface area contributed by atoms with Crippen LogP contribution in [0.25, 0.3) is 0 Å². The largest absolute Gasteiger partial charge is 0.411 e. The predicted octanol–water partition coefficient (Wildman–Crippen LogP) is 0.143. The van der Waals surface area contributed by atoms with Crippen molar-refractivity contribution >= 4 is 29.2 Å². The zero-order valence-electron chi connectivity index (χ0n) is 12.9. The minimum absolute atomic E-state index is 0.579. The molecule has 1 spiro atoms. The summed E-state index contributed by atoms with van der Waals surface area (Å²) in [5.74, 6) is 2.84. The number of hydrogen-bond acceptors (Lipinski definition) is 4. The summed E-state index contributed by atoms with van der Waals surface area (Å²) in [6.45, 7) is 13.1. The highest BCUT2D eigenvalue weighted by Crippen LogP contribution is 2.51. The molecule has 0 aliphatic carbocycles. The summed E-state index contributed by atoms with van der Waals surface area (Å²) >= 11 is 9.51. The Balaban J connectivity index is 0.000000146. The van der Waals surface area contributed by atoms with Gasteiger partial charge in [-0.05, 0) is 19.8 Å². The molecule has 6 aliphatic heterocycles. The first-order valence-corrected chi connectivity index (χ1v) is 8.39. The van der Waals surface area contributed by atoms with Crippen LogP contribution in [0.4, 0.5) is 0 Å². The van der Waals surface area contributed by atoms with Gasteiger partial charge in [0.25, 0.3) is 0 Å². The van der Waals surface area contributed by atoms with E-state index in [1.54, 1.807) is 0 Å². The second-order valence-electron chi connectivity index (χ2n) is 6.59. The van der Waals surface area contributed by atoms with Gasteiger partial charge in [-0.3, -0.25) is 0 Å². The van der Waals surface area contributed by atoms with Gasteiger partial charge in [0.05, 0.1) is 0 Å². The van der Waals surface area contributed by atoms with E-state index in [1.165, 1.54) is 37.8 Å². The zero-order valence-corrected chi connectivity index (χ0v) is 14.5. The molecule has 21 heavy (non-hydrogen) atoms. The molecule has 5 nitrogen and oxygen atoms in total. The summed E-state index contributed by atoms with van der Waals surface area (Å²) < 4.78 is 3.03. The molecule has 2 unspecified atom stereocenters. The maximum atomic E-state index is 5.45.